The van der Waals surface area contributed by atoms with E-state index in [1.807, 2.05) is 12.1 Å². The molecule has 0 atom stereocenters. The number of anilines is 1. The largest absolute Gasteiger partial charge is 0.398 e. The molecule has 2 N–H and O–H groups in total. The van der Waals surface area contributed by atoms with Crippen LogP contribution in [0.25, 0.3) is 0 Å². The number of halogens is 2. The zero-order chi connectivity index (χ0) is 11.7. The minimum absolute atomic E-state index is 0.0706. The molecule has 0 aliphatic heterocycles. The number of hydrogen-bond donors (Lipinski definition) is 1. The van der Waals surface area contributed by atoms with E-state index >= 15 is 0 Å². The second kappa shape index (κ2) is 4.73. The molecule has 6 heteroatoms. The minimum atomic E-state index is -0.0706. The Kier molecular flexibility index (Phi) is 3.51. The van der Waals surface area contributed by atoms with Gasteiger partial charge >= 0.3 is 0 Å². The predicted octanol–water partition coefficient (Wildman–Crippen LogP) is 3.07. The van der Waals surface area contributed by atoms with E-state index in [1.165, 1.54) is 0 Å². The predicted molar refractivity (Wildman–Crippen MR) is 73.9 cm³/mol. The average molecular weight is 364 g/mol. The van der Waals surface area contributed by atoms with Crippen LogP contribution < -0.4 is 11.3 Å². The number of pyridine rings is 1. The van der Waals surface area contributed by atoms with Gasteiger partial charge in [0.05, 0.1) is 14.8 Å². The molecule has 3 nitrogen and oxygen atoms in total. The lowest BCUT2D eigenvalue weighted by atomic mass is 10.4. The molecule has 0 unspecified atom stereocenters. The highest BCUT2D eigenvalue weighted by Crippen LogP contribution is 2.22. The van der Waals surface area contributed by atoms with Crippen molar-refractivity contribution in [1.82, 2.24) is 4.57 Å². The summed E-state index contributed by atoms with van der Waals surface area (Å²) in [6.45, 7) is 0.540. The zero-order valence-corrected chi connectivity index (χ0v) is 12.1. The third-order valence-corrected chi connectivity index (χ3v) is 4.20. The lowest BCUT2D eigenvalue weighted by Crippen LogP contribution is -2.20. The van der Waals surface area contributed by atoms with Crippen LogP contribution in [0.1, 0.15) is 4.88 Å². The Morgan fingerprint density at radius 2 is 2.12 bits per heavy atom. The van der Waals surface area contributed by atoms with Gasteiger partial charge in [0, 0.05) is 16.8 Å². The summed E-state index contributed by atoms with van der Waals surface area (Å²) in [4.78, 5) is 12.9. The summed E-state index contributed by atoms with van der Waals surface area (Å²) >= 11 is 8.19. The molecule has 0 amide bonds. The van der Waals surface area contributed by atoms with Gasteiger partial charge in [-0.15, -0.1) is 11.3 Å². The molecular weight excluding hydrogens is 356 g/mol. The van der Waals surface area contributed by atoms with E-state index < -0.39 is 0 Å². The van der Waals surface area contributed by atoms with Gasteiger partial charge in [0.2, 0.25) is 0 Å². The first-order valence-corrected chi connectivity index (χ1v) is 6.86. The molecule has 2 rings (SSSR count). The maximum Gasteiger partial charge on any atom is 0.265 e. The molecule has 0 fully saturated rings. The molecule has 84 valence electrons. The normalized spacial score (nSPS) is 10.6. The van der Waals surface area contributed by atoms with E-state index in [4.69, 9.17) is 5.73 Å². The van der Waals surface area contributed by atoms with E-state index in [2.05, 4.69) is 31.9 Å². The Bertz CT molecular complexity index is 576. The molecule has 0 radical (unpaired) electrons. The van der Waals surface area contributed by atoms with E-state index in [-0.39, 0.29) is 5.56 Å². The summed E-state index contributed by atoms with van der Waals surface area (Å²) in [5.41, 5.74) is 6.19. The Labute approximate surface area is 113 Å². The van der Waals surface area contributed by atoms with Crippen molar-refractivity contribution in [2.75, 3.05) is 5.73 Å². The summed E-state index contributed by atoms with van der Waals surface area (Å²) in [5, 5.41) is 0. The van der Waals surface area contributed by atoms with Crippen LogP contribution in [-0.4, -0.2) is 4.57 Å². The maximum absolute atomic E-state index is 11.8. The summed E-state index contributed by atoms with van der Waals surface area (Å²) < 4.78 is 3.14. The van der Waals surface area contributed by atoms with Gasteiger partial charge in [0.25, 0.3) is 5.56 Å². The fraction of sp³-hybridized carbons (Fsp3) is 0.100. The van der Waals surface area contributed by atoms with Gasteiger partial charge in [0.15, 0.2) is 0 Å². The quantitative estimate of drug-likeness (QED) is 0.891. The highest BCUT2D eigenvalue weighted by molar-refractivity contribution is 9.11. The van der Waals surface area contributed by atoms with Crippen molar-refractivity contribution >= 4 is 48.9 Å². The van der Waals surface area contributed by atoms with Crippen LogP contribution in [-0.2, 0) is 6.54 Å². The first-order chi connectivity index (χ1) is 7.56. The number of rotatable bonds is 2. The van der Waals surface area contributed by atoms with Gasteiger partial charge < -0.3 is 10.3 Å². The lowest BCUT2D eigenvalue weighted by molar-refractivity contribution is 0.767. The Morgan fingerprint density at radius 1 is 1.38 bits per heavy atom. The van der Waals surface area contributed by atoms with Crippen LogP contribution >= 0.6 is 43.2 Å². The number of thiophene rings is 1. The summed E-state index contributed by atoms with van der Waals surface area (Å²) in [6.07, 6.45) is 1.65. The van der Waals surface area contributed by atoms with Crippen LogP contribution in [0.3, 0.4) is 0 Å². The van der Waals surface area contributed by atoms with Crippen LogP contribution in [0.4, 0.5) is 5.69 Å². The van der Waals surface area contributed by atoms with Crippen LogP contribution in [0.2, 0.25) is 0 Å². The third kappa shape index (κ3) is 2.56. The van der Waals surface area contributed by atoms with Crippen molar-refractivity contribution < 1.29 is 0 Å². The van der Waals surface area contributed by atoms with Crippen LogP contribution in [0.5, 0.6) is 0 Å². The monoisotopic (exact) mass is 362 g/mol. The molecule has 0 aliphatic carbocycles. The molecule has 0 saturated heterocycles. The van der Waals surface area contributed by atoms with E-state index in [0.29, 0.717) is 16.7 Å². The van der Waals surface area contributed by atoms with Crippen molar-refractivity contribution in [2.45, 2.75) is 6.54 Å². The molecule has 0 bridgehead atoms. The molecule has 0 aliphatic rings. The number of nitrogens with two attached hydrogens (primary N) is 1. The molecular formula is C10H8Br2N2OS. The molecule has 0 saturated carbocycles. The summed E-state index contributed by atoms with van der Waals surface area (Å²) in [5.74, 6) is 0. The van der Waals surface area contributed by atoms with Crippen LogP contribution in [0.15, 0.2) is 37.4 Å². The van der Waals surface area contributed by atoms with Crippen molar-refractivity contribution in [3.05, 3.63) is 47.9 Å². The Morgan fingerprint density at radius 3 is 2.75 bits per heavy atom. The molecule has 0 spiro atoms. The molecule has 16 heavy (non-hydrogen) atoms. The third-order valence-electron chi connectivity index (χ3n) is 2.02. The summed E-state index contributed by atoms with van der Waals surface area (Å²) in [6, 6.07) is 5.56. The SMILES string of the molecule is Nc1cc(Br)c(=O)n(Cc2ccc(Br)s2)c1. The smallest absolute Gasteiger partial charge is 0.265 e. The first kappa shape index (κ1) is 11.9. The van der Waals surface area contributed by atoms with Crippen molar-refractivity contribution in [1.29, 1.82) is 0 Å². The number of nitrogens with zero attached hydrogens (tertiary/aromatic N) is 1. The highest BCUT2D eigenvalue weighted by atomic mass is 79.9. The van der Waals surface area contributed by atoms with Gasteiger partial charge in [-0.1, -0.05) is 0 Å². The standard InChI is InChI=1S/C10H8Br2N2OS/c11-8-3-6(13)4-14(10(8)15)5-7-1-2-9(12)16-7/h1-4H,5,13H2. The van der Waals surface area contributed by atoms with Gasteiger partial charge in [-0.25, -0.2) is 0 Å². The van der Waals surface area contributed by atoms with Gasteiger partial charge in [-0.05, 0) is 50.1 Å². The molecule has 2 heterocycles. The average Bonchev–Trinajstić information content (AvgIpc) is 2.60. The minimum Gasteiger partial charge on any atom is -0.398 e. The van der Waals surface area contributed by atoms with Crippen molar-refractivity contribution in [3.63, 3.8) is 0 Å². The highest BCUT2D eigenvalue weighted by Gasteiger charge is 2.05. The van der Waals surface area contributed by atoms with E-state index in [0.717, 1.165) is 8.66 Å². The molecule has 2 aromatic heterocycles. The van der Waals surface area contributed by atoms with Gasteiger partial charge in [-0.2, -0.15) is 0 Å². The fourth-order valence-electron chi connectivity index (χ4n) is 1.34. The van der Waals surface area contributed by atoms with Gasteiger partial charge in [-0.3, -0.25) is 4.79 Å². The molecule has 2 aromatic rings. The van der Waals surface area contributed by atoms with Crippen LogP contribution in [0, 0.1) is 0 Å². The second-order valence-electron chi connectivity index (χ2n) is 3.26. The van der Waals surface area contributed by atoms with Crippen molar-refractivity contribution in [2.24, 2.45) is 0 Å². The van der Waals surface area contributed by atoms with E-state index in [9.17, 15) is 4.79 Å². The lowest BCUT2D eigenvalue weighted by Gasteiger charge is -2.05. The summed E-state index contributed by atoms with van der Waals surface area (Å²) in [7, 11) is 0. The fourth-order valence-corrected chi connectivity index (χ4v) is 3.32. The Hall–Kier alpha value is -0.590. The molecule has 0 aromatic carbocycles. The number of nitrogen functional groups attached to an aromatic ring is 1. The van der Waals surface area contributed by atoms with E-state index in [1.54, 1.807) is 28.2 Å². The Balaban J connectivity index is 2.38. The number of aromatic nitrogens is 1. The van der Waals surface area contributed by atoms with Gasteiger partial charge in [0.1, 0.15) is 0 Å². The maximum atomic E-state index is 11.8. The number of hydrogen-bond acceptors (Lipinski definition) is 3. The zero-order valence-electron chi connectivity index (χ0n) is 8.11. The topological polar surface area (TPSA) is 48.0 Å². The first-order valence-electron chi connectivity index (χ1n) is 4.46. The van der Waals surface area contributed by atoms with Crippen molar-refractivity contribution in [3.8, 4) is 0 Å². The second-order valence-corrected chi connectivity index (χ2v) is 6.66.